The summed E-state index contributed by atoms with van der Waals surface area (Å²) in [6, 6.07) is 0.345. The van der Waals surface area contributed by atoms with Crippen LogP contribution in [0.1, 0.15) is 19.3 Å². The van der Waals surface area contributed by atoms with Crippen molar-refractivity contribution < 1.29 is 5.11 Å². The molecule has 0 bridgehead atoms. The first-order valence-electron chi connectivity index (χ1n) is 3.65. The highest BCUT2D eigenvalue weighted by atomic mass is 16.3. The predicted octanol–water partition coefficient (Wildman–Crippen LogP) is 0.367. The van der Waals surface area contributed by atoms with Gasteiger partial charge >= 0.3 is 0 Å². The lowest BCUT2D eigenvalue weighted by Gasteiger charge is -2.10. The Morgan fingerprint density at radius 3 is 2.67 bits per heavy atom. The summed E-state index contributed by atoms with van der Waals surface area (Å²) in [4.78, 5) is 0. The molecule has 0 saturated heterocycles. The zero-order chi connectivity index (χ0) is 6.69. The van der Waals surface area contributed by atoms with Crippen molar-refractivity contribution in [3.8, 4) is 0 Å². The molecule has 2 heteroatoms. The van der Waals surface area contributed by atoms with Crippen LogP contribution < -0.4 is 5.32 Å². The van der Waals surface area contributed by atoms with Crippen LogP contribution >= 0.6 is 0 Å². The first kappa shape index (κ1) is 7.03. The van der Waals surface area contributed by atoms with Crippen LogP contribution in [-0.2, 0) is 0 Å². The summed E-state index contributed by atoms with van der Waals surface area (Å²) >= 11 is 0. The second-order valence-corrected chi connectivity index (χ2v) is 2.85. The Hall–Kier alpha value is -0.0800. The van der Waals surface area contributed by atoms with Crippen molar-refractivity contribution >= 4 is 0 Å². The van der Waals surface area contributed by atoms with Crippen LogP contribution in [0.2, 0.25) is 0 Å². The van der Waals surface area contributed by atoms with Crippen molar-refractivity contribution in [2.75, 3.05) is 13.7 Å². The third kappa shape index (κ3) is 2.33. The monoisotopic (exact) mass is 129 g/mol. The van der Waals surface area contributed by atoms with Gasteiger partial charge in [0.2, 0.25) is 0 Å². The van der Waals surface area contributed by atoms with E-state index < -0.39 is 0 Å². The third-order valence-electron chi connectivity index (χ3n) is 1.94. The van der Waals surface area contributed by atoms with Crippen LogP contribution in [0.4, 0.5) is 0 Å². The molecule has 1 atom stereocenters. The van der Waals surface area contributed by atoms with Gasteiger partial charge in [0, 0.05) is 6.04 Å². The molecule has 0 aliphatic heterocycles. The van der Waals surface area contributed by atoms with E-state index in [2.05, 4.69) is 5.32 Å². The average Bonchev–Trinajstić information content (AvgIpc) is 2.66. The minimum absolute atomic E-state index is 0.285. The standard InChI is InChI=1S/C7H15NO/c1-8-7(5-9)4-6-2-3-6/h6-9H,2-5H2,1H3. The van der Waals surface area contributed by atoms with Crippen LogP contribution in [0, 0.1) is 5.92 Å². The fraction of sp³-hybridized carbons (Fsp3) is 1.00. The van der Waals surface area contributed by atoms with Crippen molar-refractivity contribution in [2.45, 2.75) is 25.3 Å². The van der Waals surface area contributed by atoms with Gasteiger partial charge in [-0.05, 0) is 19.4 Å². The topological polar surface area (TPSA) is 32.3 Å². The normalized spacial score (nSPS) is 22.0. The molecule has 9 heavy (non-hydrogen) atoms. The molecule has 0 radical (unpaired) electrons. The molecular weight excluding hydrogens is 114 g/mol. The fourth-order valence-electron chi connectivity index (χ4n) is 1.04. The van der Waals surface area contributed by atoms with Crippen LogP contribution in [0.25, 0.3) is 0 Å². The average molecular weight is 129 g/mol. The van der Waals surface area contributed by atoms with Crippen LogP contribution in [-0.4, -0.2) is 24.8 Å². The van der Waals surface area contributed by atoms with Gasteiger partial charge in [-0.1, -0.05) is 12.8 Å². The lowest BCUT2D eigenvalue weighted by atomic mass is 10.1. The summed E-state index contributed by atoms with van der Waals surface area (Å²) in [6.45, 7) is 0.285. The van der Waals surface area contributed by atoms with Gasteiger partial charge in [0.05, 0.1) is 6.61 Å². The Bertz CT molecular complexity index is 77.0. The molecule has 0 aromatic heterocycles. The molecular formula is C7H15NO. The smallest absolute Gasteiger partial charge is 0.0584 e. The molecule has 2 nitrogen and oxygen atoms in total. The molecule has 1 unspecified atom stereocenters. The first-order valence-corrected chi connectivity index (χ1v) is 3.65. The third-order valence-corrected chi connectivity index (χ3v) is 1.94. The van der Waals surface area contributed by atoms with Crippen molar-refractivity contribution in [3.63, 3.8) is 0 Å². The van der Waals surface area contributed by atoms with Crippen molar-refractivity contribution in [3.05, 3.63) is 0 Å². The molecule has 1 aliphatic rings. The van der Waals surface area contributed by atoms with Crippen molar-refractivity contribution in [1.82, 2.24) is 5.32 Å². The molecule has 1 saturated carbocycles. The second kappa shape index (κ2) is 3.18. The maximum atomic E-state index is 8.74. The molecule has 0 heterocycles. The quantitative estimate of drug-likeness (QED) is 0.574. The van der Waals surface area contributed by atoms with Gasteiger partial charge in [-0.15, -0.1) is 0 Å². The van der Waals surface area contributed by atoms with Crippen LogP contribution in [0.15, 0.2) is 0 Å². The van der Waals surface area contributed by atoms with E-state index in [1.807, 2.05) is 7.05 Å². The van der Waals surface area contributed by atoms with Gasteiger partial charge in [0.1, 0.15) is 0 Å². The van der Waals surface area contributed by atoms with Crippen molar-refractivity contribution in [1.29, 1.82) is 0 Å². The van der Waals surface area contributed by atoms with Crippen LogP contribution in [0.5, 0.6) is 0 Å². The second-order valence-electron chi connectivity index (χ2n) is 2.85. The van der Waals surface area contributed by atoms with E-state index in [9.17, 15) is 0 Å². The number of aliphatic hydroxyl groups excluding tert-OH is 1. The number of aliphatic hydroxyl groups is 1. The summed E-state index contributed by atoms with van der Waals surface area (Å²) < 4.78 is 0. The summed E-state index contributed by atoms with van der Waals surface area (Å²) in [5, 5.41) is 11.8. The Kier molecular flexibility index (Phi) is 2.49. The number of rotatable bonds is 4. The Balaban J connectivity index is 2.05. The molecule has 2 N–H and O–H groups in total. The Labute approximate surface area is 56.3 Å². The van der Waals surface area contributed by atoms with Gasteiger partial charge in [-0.25, -0.2) is 0 Å². The zero-order valence-electron chi connectivity index (χ0n) is 5.93. The molecule has 1 fully saturated rings. The van der Waals surface area contributed by atoms with E-state index in [4.69, 9.17) is 5.11 Å². The summed E-state index contributed by atoms with van der Waals surface area (Å²) in [7, 11) is 1.91. The molecule has 0 amide bonds. The zero-order valence-corrected chi connectivity index (χ0v) is 5.93. The number of hydrogen-bond acceptors (Lipinski definition) is 2. The van der Waals surface area contributed by atoms with E-state index >= 15 is 0 Å². The predicted molar refractivity (Wildman–Crippen MR) is 37.3 cm³/mol. The van der Waals surface area contributed by atoms with E-state index in [0.717, 1.165) is 12.3 Å². The fourth-order valence-corrected chi connectivity index (χ4v) is 1.04. The molecule has 0 aromatic rings. The van der Waals surface area contributed by atoms with E-state index in [0.29, 0.717) is 6.04 Å². The highest BCUT2D eigenvalue weighted by Crippen LogP contribution is 2.33. The van der Waals surface area contributed by atoms with Gasteiger partial charge in [0.15, 0.2) is 0 Å². The minimum atomic E-state index is 0.285. The van der Waals surface area contributed by atoms with Gasteiger partial charge in [-0.2, -0.15) is 0 Å². The lowest BCUT2D eigenvalue weighted by Crippen LogP contribution is -2.29. The molecule has 0 aromatic carbocycles. The van der Waals surface area contributed by atoms with Crippen molar-refractivity contribution in [2.24, 2.45) is 5.92 Å². The highest BCUT2D eigenvalue weighted by Gasteiger charge is 2.23. The maximum absolute atomic E-state index is 8.74. The molecule has 1 aliphatic carbocycles. The Morgan fingerprint density at radius 1 is 1.67 bits per heavy atom. The lowest BCUT2D eigenvalue weighted by molar-refractivity contribution is 0.238. The van der Waals surface area contributed by atoms with Gasteiger partial charge in [-0.3, -0.25) is 0 Å². The van der Waals surface area contributed by atoms with Gasteiger partial charge < -0.3 is 10.4 Å². The van der Waals surface area contributed by atoms with E-state index in [1.54, 1.807) is 0 Å². The highest BCUT2D eigenvalue weighted by molar-refractivity contribution is 4.78. The van der Waals surface area contributed by atoms with Gasteiger partial charge in [0.25, 0.3) is 0 Å². The number of likely N-dealkylation sites (N-methyl/N-ethyl adjacent to an activating group) is 1. The number of nitrogens with one attached hydrogen (secondary N) is 1. The number of hydrogen-bond donors (Lipinski definition) is 2. The summed E-state index contributed by atoms with van der Waals surface area (Å²) in [5.74, 6) is 0.912. The minimum Gasteiger partial charge on any atom is -0.395 e. The first-order chi connectivity index (χ1) is 4.36. The molecule has 54 valence electrons. The van der Waals surface area contributed by atoms with E-state index in [1.165, 1.54) is 12.8 Å². The summed E-state index contributed by atoms with van der Waals surface area (Å²) in [5.41, 5.74) is 0. The largest absolute Gasteiger partial charge is 0.395 e. The summed E-state index contributed by atoms with van der Waals surface area (Å²) in [6.07, 6.45) is 3.91. The van der Waals surface area contributed by atoms with Crippen LogP contribution in [0.3, 0.4) is 0 Å². The van der Waals surface area contributed by atoms with E-state index in [-0.39, 0.29) is 6.61 Å². The SMILES string of the molecule is CNC(CO)CC1CC1. The molecule has 1 rings (SSSR count). The molecule has 0 spiro atoms. The Morgan fingerprint density at radius 2 is 2.33 bits per heavy atom. The maximum Gasteiger partial charge on any atom is 0.0584 e.